The maximum Gasteiger partial charge on any atom is 0.245 e. The van der Waals surface area contributed by atoms with Gasteiger partial charge in [0.2, 0.25) is 5.95 Å². The van der Waals surface area contributed by atoms with E-state index in [1.807, 2.05) is 36.3 Å². The Morgan fingerprint density at radius 3 is 2.32 bits per heavy atom. The molecule has 0 amide bonds. The van der Waals surface area contributed by atoms with Crippen LogP contribution in [-0.4, -0.2) is 54.2 Å². The number of aromatic nitrogens is 5. The van der Waals surface area contributed by atoms with Crippen LogP contribution < -0.4 is 10.2 Å². The van der Waals surface area contributed by atoms with E-state index in [4.69, 9.17) is 0 Å². The van der Waals surface area contributed by atoms with Crippen molar-refractivity contribution in [1.82, 2.24) is 30.3 Å². The maximum absolute atomic E-state index is 10.7. The van der Waals surface area contributed by atoms with Gasteiger partial charge in [-0.3, -0.25) is 4.68 Å². The summed E-state index contributed by atoms with van der Waals surface area (Å²) in [4.78, 5) is 6.71. The number of anilines is 1. The van der Waals surface area contributed by atoms with Gasteiger partial charge in [0.15, 0.2) is 0 Å². The number of halogens is 1. The summed E-state index contributed by atoms with van der Waals surface area (Å²) in [5.74, 6) is 0.756. The van der Waals surface area contributed by atoms with Crippen molar-refractivity contribution in [3.63, 3.8) is 0 Å². The molecule has 0 unspecified atom stereocenters. The Morgan fingerprint density at radius 1 is 1.03 bits per heavy atom. The number of phenolic OH excluding ortho intramolecular Hbond substituents is 1. The molecule has 182 valence electrons. The highest BCUT2D eigenvalue weighted by Gasteiger charge is 2.39. The van der Waals surface area contributed by atoms with E-state index in [1.165, 1.54) is 12.8 Å². The Balaban J connectivity index is 0.00000274. The molecule has 0 radical (unpaired) electrons. The third-order valence-corrected chi connectivity index (χ3v) is 6.71. The molecule has 8 nitrogen and oxygen atoms in total. The summed E-state index contributed by atoms with van der Waals surface area (Å²) in [5.41, 5.74) is 3.17. The molecule has 1 saturated heterocycles. The minimum Gasteiger partial charge on any atom is -0.507 e. The number of hydrogen-bond acceptors (Lipinski definition) is 7. The Labute approximate surface area is 207 Å². The van der Waals surface area contributed by atoms with Gasteiger partial charge < -0.3 is 15.3 Å². The predicted molar refractivity (Wildman–Crippen MR) is 136 cm³/mol. The molecule has 3 aromatic rings. The molecule has 9 heteroatoms. The van der Waals surface area contributed by atoms with E-state index in [2.05, 4.69) is 58.2 Å². The normalized spacial score (nSPS) is 19.4. The molecule has 34 heavy (non-hydrogen) atoms. The highest BCUT2D eigenvalue weighted by molar-refractivity contribution is 5.85. The second-order valence-corrected chi connectivity index (χ2v) is 10.9. The van der Waals surface area contributed by atoms with Gasteiger partial charge in [0, 0.05) is 41.5 Å². The standard InChI is InChI=1S/C25H33N7O.ClH/c1-24(2)11-19(12-25(3,4)30-24)31(5)23-26-14-21(28-29-23)20-9-6-16(10-22(20)33)17-13-27-32(15-17)18-7-8-18;/h6,9-10,13-15,18-19,30,33H,7-8,11-12H2,1-5H3;1H. The lowest BCUT2D eigenvalue weighted by molar-refractivity contribution is 0.160. The Hall–Kier alpha value is -2.71. The maximum atomic E-state index is 10.7. The van der Waals surface area contributed by atoms with Crippen LogP contribution in [0.5, 0.6) is 5.75 Å². The molecule has 2 N–H and O–H groups in total. The molecular weight excluding hydrogens is 450 g/mol. The second kappa shape index (κ2) is 8.82. The summed E-state index contributed by atoms with van der Waals surface area (Å²) in [7, 11) is 2.03. The van der Waals surface area contributed by atoms with E-state index in [0.29, 0.717) is 29.3 Å². The summed E-state index contributed by atoms with van der Waals surface area (Å²) < 4.78 is 2.01. The van der Waals surface area contributed by atoms with E-state index in [1.54, 1.807) is 12.3 Å². The summed E-state index contributed by atoms with van der Waals surface area (Å²) >= 11 is 0. The zero-order valence-electron chi connectivity index (χ0n) is 20.5. The average molecular weight is 484 g/mol. The Kier molecular flexibility index (Phi) is 6.33. The number of piperidine rings is 1. The fourth-order valence-electron chi connectivity index (χ4n) is 5.21. The third kappa shape index (κ3) is 5.03. The summed E-state index contributed by atoms with van der Waals surface area (Å²) in [6.07, 6.45) is 9.96. The van der Waals surface area contributed by atoms with Gasteiger partial charge in [-0.25, -0.2) is 4.98 Å². The van der Waals surface area contributed by atoms with E-state index < -0.39 is 0 Å². The van der Waals surface area contributed by atoms with Crippen LogP contribution in [0.25, 0.3) is 22.4 Å². The van der Waals surface area contributed by atoms with Gasteiger partial charge in [-0.2, -0.15) is 5.10 Å². The van der Waals surface area contributed by atoms with Crippen molar-refractivity contribution in [2.24, 2.45) is 0 Å². The average Bonchev–Trinajstić information content (AvgIpc) is 3.48. The first-order valence-corrected chi connectivity index (χ1v) is 11.7. The number of phenols is 1. The van der Waals surface area contributed by atoms with Gasteiger partial charge in [-0.05, 0) is 71.1 Å². The van der Waals surface area contributed by atoms with Gasteiger partial charge in [-0.1, -0.05) is 6.07 Å². The predicted octanol–water partition coefficient (Wildman–Crippen LogP) is 4.61. The highest BCUT2D eigenvalue weighted by Crippen LogP contribution is 2.37. The largest absolute Gasteiger partial charge is 0.507 e. The smallest absolute Gasteiger partial charge is 0.245 e. The van der Waals surface area contributed by atoms with Gasteiger partial charge in [0.25, 0.3) is 0 Å². The number of aromatic hydroxyl groups is 1. The second-order valence-electron chi connectivity index (χ2n) is 10.9. The lowest BCUT2D eigenvalue weighted by Crippen LogP contribution is -2.62. The topological polar surface area (TPSA) is 92.0 Å². The molecule has 1 aromatic carbocycles. The van der Waals surface area contributed by atoms with E-state index in [9.17, 15) is 5.11 Å². The van der Waals surface area contributed by atoms with E-state index >= 15 is 0 Å². The molecule has 1 aliphatic carbocycles. The zero-order chi connectivity index (χ0) is 23.4. The highest BCUT2D eigenvalue weighted by atomic mass is 35.5. The zero-order valence-corrected chi connectivity index (χ0v) is 21.3. The molecule has 0 bridgehead atoms. The molecule has 0 spiro atoms. The van der Waals surface area contributed by atoms with E-state index in [-0.39, 0.29) is 29.2 Å². The van der Waals surface area contributed by atoms with Gasteiger partial charge in [0.1, 0.15) is 11.4 Å². The van der Waals surface area contributed by atoms with Crippen LogP contribution in [0.15, 0.2) is 36.8 Å². The monoisotopic (exact) mass is 483 g/mol. The first-order chi connectivity index (χ1) is 15.6. The van der Waals surface area contributed by atoms with E-state index in [0.717, 1.165) is 24.0 Å². The Morgan fingerprint density at radius 2 is 1.74 bits per heavy atom. The molecule has 5 rings (SSSR count). The summed E-state index contributed by atoms with van der Waals surface area (Å²) in [6.45, 7) is 8.95. The van der Waals surface area contributed by atoms with Gasteiger partial charge in [-0.15, -0.1) is 22.6 Å². The quantitative estimate of drug-likeness (QED) is 0.547. The molecular formula is C25H34ClN7O. The van der Waals surface area contributed by atoms with Crippen LogP contribution in [0.1, 0.15) is 59.4 Å². The minimum atomic E-state index is 0. The fourth-order valence-corrected chi connectivity index (χ4v) is 5.21. The molecule has 2 aliphatic rings. The lowest BCUT2D eigenvalue weighted by atomic mass is 9.79. The van der Waals surface area contributed by atoms with Gasteiger partial charge >= 0.3 is 0 Å². The van der Waals surface area contributed by atoms with Crippen LogP contribution >= 0.6 is 12.4 Å². The van der Waals surface area contributed by atoms with Crippen LogP contribution in [0, 0.1) is 0 Å². The van der Waals surface area contributed by atoms with Crippen molar-refractivity contribution in [2.45, 2.75) is 76.5 Å². The molecule has 1 aliphatic heterocycles. The fraction of sp³-hybridized carbons (Fsp3) is 0.520. The number of hydrogen-bond donors (Lipinski definition) is 2. The first kappa shape index (κ1) is 24.4. The summed E-state index contributed by atoms with van der Waals surface area (Å²) in [5, 5.41) is 27.6. The van der Waals surface area contributed by atoms with Gasteiger partial charge in [0.05, 0.1) is 18.4 Å². The number of nitrogens with one attached hydrogen (secondary N) is 1. The van der Waals surface area contributed by atoms with Crippen molar-refractivity contribution >= 4 is 18.4 Å². The van der Waals surface area contributed by atoms with Crippen molar-refractivity contribution in [2.75, 3.05) is 11.9 Å². The van der Waals surface area contributed by atoms with Crippen molar-refractivity contribution < 1.29 is 5.11 Å². The molecule has 3 heterocycles. The summed E-state index contributed by atoms with van der Waals surface area (Å²) in [6, 6.07) is 6.44. The number of benzene rings is 1. The third-order valence-electron chi connectivity index (χ3n) is 6.71. The minimum absolute atomic E-state index is 0. The SMILES string of the molecule is CN(c1ncc(-c2ccc(-c3cnn(C4CC4)c3)cc2O)nn1)C1CC(C)(C)NC(C)(C)C1.Cl. The van der Waals surface area contributed by atoms with Crippen LogP contribution in [0.2, 0.25) is 0 Å². The molecule has 0 atom stereocenters. The van der Waals surface area contributed by atoms with Crippen molar-refractivity contribution in [1.29, 1.82) is 0 Å². The van der Waals surface area contributed by atoms with Crippen LogP contribution in [-0.2, 0) is 0 Å². The number of nitrogens with zero attached hydrogens (tertiary/aromatic N) is 6. The Bertz CT molecular complexity index is 1140. The van der Waals surface area contributed by atoms with Crippen LogP contribution in [0.4, 0.5) is 5.95 Å². The number of rotatable bonds is 5. The van der Waals surface area contributed by atoms with Crippen molar-refractivity contribution in [3.8, 4) is 28.1 Å². The van der Waals surface area contributed by atoms with Crippen LogP contribution in [0.3, 0.4) is 0 Å². The first-order valence-electron chi connectivity index (χ1n) is 11.7. The molecule has 2 aromatic heterocycles. The molecule has 1 saturated carbocycles. The lowest BCUT2D eigenvalue weighted by Gasteiger charge is -2.48. The molecule has 2 fully saturated rings. The van der Waals surface area contributed by atoms with Crippen molar-refractivity contribution in [3.05, 3.63) is 36.8 Å².